The molecule has 0 spiro atoms. The van der Waals surface area contributed by atoms with Crippen molar-refractivity contribution in [3.8, 4) is 11.1 Å². The van der Waals surface area contributed by atoms with Crippen LogP contribution in [0.25, 0.3) is 11.1 Å². The van der Waals surface area contributed by atoms with Gasteiger partial charge in [-0.05, 0) is 35.6 Å². The number of benzene rings is 2. The third-order valence-corrected chi connectivity index (χ3v) is 4.86. The van der Waals surface area contributed by atoms with E-state index in [9.17, 15) is 19.5 Å². The Morgan fingerprint density at radius 1 is 1.07 bits per heavy atom. The Balaban J connectivity index is 1.60. The standard InChI is InChI=1S/C23H23NO6/c1-14(2)30-21(25)12-11-20(22(26)27)24-23(28)29-13-19-17-9-5-3-7-15(17)16-8-4-6-10-18(16)19/h3-10,19-20H,1,11-13H2,2H3,(H,24,28)(H,26,27)/t20-/m1/s1. The number of hydrogen-bond donors (Lipinski definition) is 2. The van der Waals surface area contributed by atoms with Gasteiger partial charge in [-0.2, -0.15) is 0 Å². The maximum Gasteiger partial charge on any atom is 0.407 e. The summed E-state index contributed by atoms with van der Waals surface area (Å²) in [4.78, 5) is 35.2. The zero-order valence-corrected chi connectivity index (χ0v) is 16.6. The van der Waals surface area contributed by atoms with Crippen LogP contribution in [0.1, 0.15) is 36.8 Å². The number of hydrogen-bond acceptors (Lipinski definition) is 5. The van der Waals surface area contributed by atoms with E-state index >= 15 is 0 Å². The second-order valence-corrected chi connectivity index (χ2v) is 7.08. The van der Waals surface area contributed by atoms with Crippen LogP contribution >= 0.6 is 0 Å². The Kier molecular flexibility index (Phi) is 6.51. The molecule has 0 heterocycles. The number of carbonyl (C=O) groups excluding carboxylic acids is 2. The first-order valence-electron chi connectivity index (χ1n) is 9.57. The van der Waals surface area contributed by atoms with Crippen molar-refractivity contribution >= 4 is 18.0 Å². The summed E-state index contributed by atoms with van der Waals surface area (Å²) in [6, 6.07) is 14.6. The summed E-state index contributed by atoms with van der Waals surface area (Å²) in [5.74, 6) is -1.77. The molecule has 1 atom stereocenters. The largest absolute Gasteiger partial charge is 0.480 e. The molecule has 0 aliphatic heterocycles. The van der Waals surface area contributed by atoms with Gasteiger partial charge in [0, 0.05) is 12.3 Å². The summed E-state index contributed by atoms with van der Waals surface area (Å²) in [5, 5.41) is 11.6. The number of rotatable bonds is 8. The zero-order valence-electron chi connectivity index (χ0n) is 16.6. The second kappa shape index (κ2) is 9.26. The molecule has 0 radical (unpaired) electrons. The first kappa shape index (κ1) is 21.1. The van der Waals surface area contributed by atoms with Crippen molar-refractivity contribution in [1.82, 2.24) is 5.32 Å². The number of ether oxygens (including phenoxy) is 2. The normalized spacial score (nSPS) is 13.0. The molecule has 1 aliphatic carbocycles. The molecule has 2 N–H and O–H groups in total. The van der Waals surface area contributed by atoms with E-state index in [1.807, 2.05) is 48.5 Å². The van der Waals surface area contributed by atoms with E-state index in [1.165, 1.54) is 6.92 Å². The van der Waals surface area contributed by atoms with Gasteiger partial charge in [0.15, 0.2) is 0 Å². The van der Waals surface area contributed by atoms with Crippen LogP contribution < -0.4 is 5.32 Å². The van der Waals surface area contributed by atoms with Crippen LogP contribution in [0, 0.1) is 0 Å². The highest BCUT2D eigenvalue weighted by atomic mass is 16.5. The van der Waals surface area contributed by atoms with E-state index in [1.54, 1.807) is 0 Å². The van der Waals surface area contributed by atoms with E-state index in [2.05, 4.69) is 11.9 Å². The monoisotopic (exact) mass is 409 g/mol. The van der Waals surface area contributed by atoms with E-state index in [-0.39, 0.29) is 31.1 Å². The van der Waals surface area contributed by atoms with Crippen LogP contribution in [0.2, 0.25) is 0 Å². The minimum atomic E-state index is -1.27. The molecule has 2 aromatic carbocycles. The predicted octanol–water partition coefficient (Wildman–Crippen LogP) is 3.84. The van der Waals surface area contributed by atoms with Crippen molar-refractivity contribution in [2.24, 2.45) is 0 Å². The number of fused-ring (bicyclic) bond motifs is 3. The summed E-state index contributed by atoms with van der Waals surface area (Å²) in [6.45, 7) is 5.04. The average molecular weight is 409 g/mol. The van der Waals surface area contributed by atoms with Gasteiger partial charge in [-0.1, -0.05) is 55.1 Å². The van der Waals surface area contributed by atoms with Crippen LogP contribution in [0.5, 0.6) is 0 Å². The predicted molar refractivity (Wildman–Crippen MR) is 110 cm³/mol. The second-order valence-electron chi connectivity index (χ2n) is 7.08. The summed E-state index contributed by atoms with van der Waals surface area (Å²) < 4.78 is 10.1. The molecule has 156 valence electrons. The number of alkyl carbamates (subject to hydrolysis) is 1. The molecule has 30 heavy (non-hydrogen) atoms. The van der Waals surface area contributed by atoms with Crippen molar-refractivity contribution < 1.29 is 29.0 Å². The lowest BCUT2D eigenvalue weighted by atomic mass is 9.98. The number of amides is 1. The highest BCUT2D eigenvalue weighted by molar-refractivity contribution is 5.81. The van der Waals surface area contributed by atoms with Crippen LogP contribution in [0.4, 0.5) is 4.79 Å². The van der Waals surface area contributed by atoms with Crippen molar-refractivity contribution in [3.63, 3.8) is 0 Å². The Labute approximate surface area is 174 Å². The summed E-state index contributed by atoms with van der Waals surface area (Å²) in [7, 11) is 0. The first-order valence-corrected chi connectivity index (χ1v) is 9.57. The van der Waals surface area contributed by atoms with Crippen LogP contribution in [0.3, 0.4) is 0 Å². The molecule has 1 amide bonds. The minimum absolute atomic E-state index is 0.0733. The zero-order chi connectivity index (χ0) is 21.7. The van der Waals surface area contributed by atoms with Crippen LogP contribution in [0.15, 0.2) is 60.9 Å². The maximum absolute atomic E-state index is 12.2. The topological polar surface area (TPSA) is 102 Å². The molecular formula is C23H23NO6. The molecule has 0 unspecified atom stereocenters. The quantitative estimate of drug-likeness (QED) is 0.507. The number of aliphatic carboxylic acids is 1. The number of allylic oxidation sites excluding steroid dienone is 1. The van der Waals surface area contributed by atoms with Crippen molar-refractivity contribution in [1.29, 1.82) is 0 Å². The van der Waals surface area contributed by atoms with E-state index in [0.29, 0.717) is 0 Å². The SMILES string of the molecule is C=C(C)OC(=O)CC[C@@H](NC(=O)OCC1c2ccccc2-c2ccccc21)C(=O)O. The molecule has 7 heteroatoms. The van der Waals surface area contributed by atoms with E-state index < -0.39 is 24.1 Å². The molecular weight excluding hydrogens is 386 g/mol. The molecule has 0 aromatic heterocycles. The van der Waals surface area contributed by atoms with Gasteiger partial charge in [-0.25, -0.2) is 9.59 Å². The Morgan fingerprint density at radius 2 is 1.63 bits per heavy atom. The summed E-state index contributed by atoms with van der Waals surface area (Å²) in [5.41, 5.74) is 4.32. The van der Waals surface area contributed by atoms with E-state index in [4.69, 9.17) is 9.47 Å². The average Bonchev–Trinajstić information content (AvgIpc) is 3.02. The van der Waals surface area contributed by atoms with Crippen LogP contribution in [-0.2, 0) is 19.1 Å². The van der Waals surface area contributed by atoms with Crippen molar-refractivity contribution in [2.45, 2.75) is 31.7 Å². The fraction of sp³-hybridized carbons (Fsp3) is 0.261. The van der Waals surface area contributed by atoms with Crippen molar-refractivity contribution in [3.05, 3.63) is 72.0 Å². The van der Waals surface area contributed by atoms with Gasteiger partial charge in [0.25, 0.3) is 0 Å². The first-order chi connectivity index (χ1) is 14.4. The molecule has 3 rings (SSSR count). The highest BCUT2D eigenvalue weighted by Gasteiger charge is 2.29. The highest BCUT2D eigenvalue weighted by Crippen LogP contribution is 2.44. The lowest BCUT2D eigenvalue weighted by molar-refractivity contribution is -0.141. The Morgan fingerprint density at radius 3 is 2.17 bits per heavy atom. The van der Waals surface area contributed by atoms with Gasteiger partial charge in [0.05, 0.1) is 5.76 Å². The molecule has 0 bridgehead atoms. The summed E-state index contributed by atoms with van der Waals surface area (Å²) in [6.07, 6.45) is -1.14. The third kappa shape index (κ3) is 4.86. The van der Waals surface area contributed by atoms with Crippen LogP contribution in [-0.4, -0.2) is 35.8 Å². The number of esters is 1. The Bertz CT molecular complexity index is 938. The number of carboxylic acids is 1. The molecule has 2 aromatic rings. The maximum atomic E-state index is 12.2. The van der Waals surface area contributed by atoms with Gasteiger partial charge in [0.1, 0.15) is 12.6 Å². The fourth-order valence-electron chi connectivity index (χ4n) is 3.55. The number of carbonyl (C=O) groups is 3. The van der Waals surface area contributed by atoms with Gasteiger partial charge < -0.3 is 19.9 Å². The van der Waals surface area contributed by atoms with Gasteiger partial charge >= 0.3 is 18.0 Å². The van der Waals surface area contributed by atoms with Gasteiger partial charge in [-0.3, -0.25) is 4.79 Å². The molecule has 0 saturated carbocycles. The number of nitrogens with one attached hydrogen (secondary N) is 1. The molecule has 7 nitrogen and oxygen atoms in total. The van der Waals surface area contributed by atoms with Gasteiger partial charge in [0.2, 0.25) is 0 Å². The number of carboxylic acid groups (broad SMARTS) is 1. The lowest BCUT2D eigenvalue weighted by Gasteiger charge is -2.17. The van der Waals surface area contributed by atoms with E-state index in [0.717, 1.165) is 22.3 Å². The molecule has 1 aliphatic rings. The molecule has 0 fully saturated rings. The third-order valence-electron chi connectivity index (χ3n) is 4.86. The smallest absolute Gasteiger partial charge is 0.407 e. The van der Waals surface area contributed by atoms with Gasteiger partial charge in [-0.15, -0.1) is 0 Å². The lowest BCUT2D eigenvalue weighted by Crippen LogP contribution is -2.41. The molecule has 0 saturated heterocycles. The minimum Gasteiger partial charge on any atom is -0.480 e. The fourth-order valence-corrected chi connectivity index (χ4v) is 3.55. The summed E-state index contributed by atoms with van der Waals surface area (Å²) >= 11 is 0. The Hall–Kier alpha value is -3.61. The van der Waals surface area contributed by atoms with Crippen molar-refractivity contribution in [2.75, 3.05) is 6.61 Å².